The lowest BCUT2D eigenvalue weighted by atomic mass is 9.80. The molecule has 0 saturated heterocycles. The topological polar surface area (TPSA) is 30.7 Å². The van der Waals surface area contributed by atoms with Crippen LogP contribution in [0.15, 0.2) is 164 Å². The summed E-state index contributed by atoms with van der Waals surface area (Å²) in [5.74, 6) is 0.684. The highest BCUT2D eigenvalue weighted by molar-refractivity contribution is 7.26. The second-order valence-corrected chi connectivity index (χ2v) is 16.4. The van der Waals surface area contributed by atoms with Crippen LogP contribution < -0.4 is 0 Å². The number of benzene rings is 8. The Morgan fingerprint density at radius 3 is 2.09 bits per heavy atom. The van der Waals surface area contributed by atoms with Crippen molar-refractivity contribution in [3.05, 3.63) is 175 Å². The smallest absolute Gasteiger partial charge is 0.235 e. The summed E-state index contributed by atoms with van der Waals surface area (Å²) >= 11 is 1.77. The van der Waals surface area contributed by atoms with Crippen LogP contribution in [0.1, 0.15) is 25.0 Å². The van der Waals surface area contributed by atoms with Crippen molar-refractivity contribution in [2.75, 3.05) is 0 Å². The Morgan fingerprint density at radius 2 is 1.20 bits per heavy atom. The molecule has 0 spiro atoms. The van der Waals surface area contributed by atoms with Gasteiger partial charge in [0, 0.05) is 31.8 Å². The number of thiophene rings is 1. The molecule has 0 atom stereocenters. The van der Waals surface area contributed by atoms with E-state index in [-0.39, 0.29) is 5.41 Å². The van der Waals surface area contributed by atoms with Crippen molar-refractivity contribution in [3.63, 3.8) is 0 Å². The Bertz CT molecular complexity index is 3400. The minimum absolute atomic E-state index is 0.107. The van der Waals surface area contributed by atoms with Crippen molar-refractivity contribution in [1.82, 2.24) is 14.5 Å². The summed E-state index contributed by atoms with van der Waals surface area (Å²) in [5, 5.41) is 8.60. The third-order valence-electron chi connectivity index (χ3n) is 12.0. The molecule has 12 rings (SSSR count). The van der Waals surface area contributed by atoms with Crippen molar-refractivity contribution in [3.8, 4) is 39.5 Å². The molecule has 0 unspecified atom stereocenters. The van der Waals surface area contributed by atoms with Gasteiger partial charge >= 0.3 is 0 Å². The lowest BCUT2D eigenvalue weighted by Gasteiger charge is -2.23. The van der Waals surface area contributed by atoms with Gasteiger partial charge in [-0.2, -0.15) is 0 Å². The van der Waals surface area contributed by atoms with Gasteiger partial charge in [-0.15, -0.1) is 11.3 Å². The first-order valence-corrected chi connectivity index (χ1v) is 19.7. The van der Waals surface area contributed by atoms with Crippen LogP contribution in [0.2, 0.25) is 0 Å². The monoisotopic (exact) mass is 719 g/mol. The summed E-state index contributed by atoms with van der Waals surface area (Å²) in [6.45, 7) is 4.74. The molecule has 3 nitrogen and oxygen atoms in total. The fourth-order valence-corrected chi connectivity index (χ4v) is 10.6. The largest absolute Gasteiger partial charge is 0.278 e. The van der Waals surface area contributed by atoms with Crippen molar-refractivity contribution in [1.29, 1.82) is 0 Å². The first-order valence-electron chi connectivity index (χ1n) is 18.9. The summed E-state index contributed by atoms with van der Waals surface area (Å²) in [7, 11) is 0. The molecule has 258 valence electrons. The van der Waals surface area contributed by atoms with E-state index in [1.54, 1.807) is 11.3 Å². The number of hydrogen-bond donors (Lipinski definition) is 0. The molecule has 0 fully saturated rings. The normalized spacial score (nSPS) is 13.4. The Balaban J connectivity index is 1.11. The van der Waals surface area contributed by atoms with Gasteiger partial charge in [-0.05, 0) is 79.2 Å². The van der Waals surface area contributed by atoms with Crippen LogP contribution in [0.3, 0.4) is 0 Å². The first kappa shape index (κ1) is 30.8. The van der Waals surface area contributed by atoms with Gasteiger partial charge in [0.15, 0.2) is 0 Å². The highest BCUT2D eigenvalue weighted by atomic mass is 32.1. The van der Waals surface area contributed by atoms with E-state index in [4.69, 9.17) is 9.97 Å². The third-order valence-corrected chi connectivity index (χ3v) is 13.2. The van der Waals surface area contributed by atoms with Crippen molar-refractivity contribution >= 4 is 75.0 Å². The van der Waals surface area contributed by atoms with Crippen LogP contribution >= 0.6 is 11.3 Å². The van der Waals surface area contributed by atoms with Crippen LogP contribution in [-0.4, -0.2) is 14.5 Å². The molecule has 0 saturated carbocycles. The van der Waals surface area contributed by atoms with Gasteiger partial charge in [-0.25, -0.2) is 9.97 Å². The first-order chi connectivity index (χ1) is 27.0. The molecule has 4 heteroatoms. The molecule has 0 amide bonds. The van der Waals surface area contributed by atoms with Crippen LogP contribution in [0.5, 0.6) is 0 Å². The quantitative estimate of drug-likeness (QED) is 0.182. The zero-order valence-electron chi connectivity index (χ0n) is 30.3. The summed E-state index contributed by atoms with van der Waals surface area (Å²) < 4.78 is 4.60. The number of fused-ring (bicyclic) bond motifs is 12. The van der Waals surface area contributed by atoms with E-state index < -0.39 is 0 Å². The SMILES string of the molecule is CC1(C)c2ccccc2-c2ccc3cc4c(cc3c21)c1ccccc1n4-c1nc(-c2ccc(-c3cccc4ccccc34)cc2)c2sc3ccccc3c2n1. The molecule has 0 N–H and O–H groups in total. The standard InChI is InChI=1S/C51H33N3S/c1-51(2)42-19-8-5-15-36(42)38-27-26-33-28-44-41(29-40(33)46(38)51)37-16-6-9-20-43(37)54(44)50-52-47(49-48(53-50)39-17-7-10-21-45(39)55-49)32-24-22-31(23-25-32)35-18-11-13-30-12-3-4-14-34(30)35/h3-29H,1-2H3. The molecule has 1 aliphatic rings. The van der Waals surface area contributed by atoms with Crippen LogP contribution in [0.25, 0.3) is 103 Å². The maximum atomic E-state index is 5.51. The van der Waals surface area contributed by atoms with Gasteiger partial charge in [-0.3, -0.25) is 4.57 Å². The van der Waals surface area contributed by atoms with Crippen LogP contribution in [-0.2, 0) is 5.41 Å². The van der Waals surface area contributed by atoms with E-state index in [0.717, 1.165) is 37.9 Å². The summed E-state index contributed by atoms with van der Waals surface area (Å²) in [6.07, 6.45) is 0. The lowest BCUT2D eigenvalue weighted by Crippen LogP contribution is -2.15. The molecule has 55 heavy (non-hydrogen) atoms. The molecular weight excluding hydrogens is 687 g/mol. The van der Waals surface area contributed by atoms with Crippen molar-refractivity contribution in [2.24, 2.45) is 0 Å². The number of aromatic nitrogens is 3. The molecule has 3 aromatic heterocycles. The predicted octanol–water partition coefficient (Wildman–Crippen LogP) is 13.9. The van der Waals surface area contributed by atoms with Gasteiger partial charge in [0.2, 0.25) is 5.95 Å². The summed E-state index contributed by atoms with van der Waals surface area (Å²) in [5.41, 5.74) is 13.0. The molecule has 3 heterocycles. The van der Waals surface area contributed by atoms with Gasteiger partial charge in [0.25, 0.3) is 0 Å². The highest BCUT2D eigenvalue weighted by Crippen LogP contribution is 2.52. The Labute approximate surface area is 321 Å². The second kappa shape index (κ2) is 11.2. The van der Waals surface area contributed by atoms with Crippen molar-refractivity contribution in [2.45, 2.75) is 19.3 Å². The number of nitrogens with zero attached hydrogens (tertiary/aromatic N) is 3. The Hall–Kier alpha value is -6.62. The lowest BCUT2D eigenvalue weighted by molar-refractivity contribution is 0.666. The molecule has 0 aliphatic heterocycles. The molecule has 1 aliphatic carbocycles. The number of para-hydroxylation sites is 1. The molecule has 0 radical (unpaired) electrons. The number of hydrogen-bond acceptors (Lipinski definition) is 3. The maximum Gasteiger partial charge on any atom is 0.235 e. The van der Waals surface area contributed by atoms with Crippen LogP contribution in [0, 0.1) is 0 Å². The fourth-order valence-electron chi connectivity index (χ4n) is 9.46. The van der Waals surface area contributed by atoms with E-state index in [2.05, 4.69) is 182 Å². The predicted molar refractivity (Wildman–Crippen MR) is 233 cm³/mol. The maximum absolute atomic E-state index is 5.51. The average Bonchev–Trinajstić information content (AvgIpc) is 3.85. The summed E-state index contributed by atoms with van der Waals surface area (Å²) in [6, 6.07) is 59.7. The van der Waals surface area contributed by atoms with E-state index >= 15 is 0 Å². The van der Waals surface area contributed by atoms with E-state index in [9.17, 15) is 0 Å². The van der Waals surface area contributed by atoms with E-state index in [1.807, 2.05) is 0 Å². The second-order valence-electron chi connectivity index (χ2n) is 15.4. The van der Waals surface area contributed by atoms with Gasteiger partial charge in [0.05, 0.1) is 26.9 Å². The van der Waals surface area contributed by atoms with E-state index in [1.165, 1.54) is 70.4 Å². The molecule has 8 aromatic carbocycles. The number of rotatable bonds is 3. The molecule has 0 bridgehead atoms. The summed E-state index contributed by atoms with van der Waals surface area (Å²) in [4.78, 5) is 11.0. The third kappa shape index (κ3) is 4.31. The zero-order chi connectivity index (χ0) is 36.4. The van der Waals surface area contributed by atoms with Gasteiger partial charge < -0.3 is 0 Å². The Kier molecular flexibility index (Phi) is 6.27. The van der Waals surface area contributed by atoms with Gasteiger partial charge in [-0.1, -0.05) is 153 Å². The minimum Gasteiger partial charge on any atom is -0.278 e. The van der Waals surface area contributed by atoms with Crippen LogP contribution in [0.4, 0.5) is 0 Å². The van der Waals surface area contributed by atoms with Crippen molar-refractivity contribution < 1.29 is 0 Å². The molecular formula is C51H33N3S. The minimum atomic E-state index is -0.107. The average molecular weight is 720 g/mol. The molecule has 11 aromatic rings. The zero-order valence-corrected chi connectivity index (χ0v) is 31.2. The fraction of sp³-hybridized carbons (Fsp3) is 0.0588. The van der Waals surface area contributed by atoms with E-state index in [0.29, 0.717) is 5.95 Å². The Morgan fingerprint density at radius 1 is 0.491 bits per heavy atom. The van der Waals surface area contributed by atoms with Gasteiger partial charge in [0.1, 0.15) is 0 Å². The highest BCUT2D eigenvalue weighted by Gasteiger charge is 2.36.